The van der Waals surface area contributed by atoms with Gasteiger partial charge >= 0.3 is 4.87 Å². The Morgan fingerprint density at radius 3 is 2.66 bits per heavy atom. The first kappa shape index (κ1) is 22.8. The summed E-state index contributed by atoms with van der Waals surface area (Å²) in [5.74, 6) is -0.0297. The second-order valence-corrected chi connectivity index (χ2v) is 10.6. The number of thiazole rings is 1. The molecule has 1 fully saturated rings. The van der Waals surface area contributed by atoms with Crippen molar-refractivity contribution in [2.24, 2.45) is 0 Å². The molecule has 1 aromatic heterocycles. The molecule has 3 aromatic rings. The van der Waals surface area contributed by atoms with Gasteiger partial charge in [-0.15, -0.1) is 0 Å². The van der Waals surface area contributed by atoms with Gasteiger partial charge in [-0.25, -0.2) is 8.42 Å². The molecule has 1 aliphatic heterocycles. The summed E-state index contributed by atoms with van der Waals surface area (Å²) in [5, 5.41) is 0.301. The van der Waals surface area contributed by atoms with Gasteiger partial charge in [-0.05, 0) is 42.8 Å². The quantitative estimate of drug-likeness (QED) is 0.566. The number of nitrogens with one attached hydrogen (secondary N) is 1. The molecular formula is C21H22ClN3O5S2. The summed E-state index contributed by atoms with van der Waals surface area (Å²) >= 11 is 7.10. The maximum atomic E-state index is 12.9. The second kappa shape index (κ2) is 9.22. The van der Waals surface area contributed by atoms with E-state index < -0.39 is 10.0 Å². The molecule has 0 atom stereocenters. The van der Waals surface area contributed by atoms with Crippen molar-refractivity contribution in [1.82, 2.24) is 9.47 Å². The minimum absolute atomic E-state index is 0.0273. The SMILES string of the molecule is Cc1ccc(NS(=O)(=O)c2ccc3c(c2)sc(=O)n3CCC(=O)N2CCOCC2)c(Cl)c1. The number of hydrogen-bond acceptors (Lipinski definition) is 6. The van der Waals surface area contributed by atoms with E-state index in [1.165, 1.54) is 16.7 Å². The molecule has 1 N–H and O–H groups in total. The number of amides is 1. The zero-order valence-electron chi connectivity index (χ0n) is 17.3. The average molecular weight is 496 g/mol. The molecule has 170 valence electrons. The first-order chi connectivity index (χ1) is 15.2. The van der Waals surface area contributed by atoms with Crippen molar-refractivity contribution in [2.45, 2.75) is 24.8 Å². The number of carbonyl (C=O) groups excluding carboxylic acids is 1. The molecule has 2 heterocycles. The van der Waals surface area contributed by atoms with Crippen molar-refractivity contribution in [3.05, 3.63) is 56.7 Å². The molecule has 0 radical (unpaired) electrons. The fourth-order valence-electron chi connectivity index (χ4n) is 3.51. The Hall–Kier alpha value is -2.40. The van der Waals surface area contributed by atoms with E-state index in [9.17, 15) is 18.0 Å². The Kier molecular flexibility index (Phi) is 6.57. The van der Waals surface area contributed by atoms with Gasteiger partial charge in [-0.2, -0.15) is 0 Å². The summed E-state index contributed by atoms with van der Waals surface area (Å²) in [4.78, 5) is 26.4. The van der Waals surface area contributed by atoms with E-state index in [0.717, 1.165) is 16.9 Å². The number of benzene rings is 2. The standard InChI is InChI=1S/C21H22ClN3O5S2/c1-14-2-4-17(16(22)12-14)23-32(28,29)15-3-5-18-19(13-15)31-21(27)25(18)7-6-20(26)24-8-10-30-11-9-24/h2-5,12-13,23H,6-11H2,1H3. The summed E-state index contributed by atoms with van der Waals surface area (Å²) in [6.45, 7) is 4.24. The van der Waals surface area contributed by atoms with Crippen LogP contribution in [0.1, 0.15) is 12.0 Å². The fourth-order valence-corrected chi connectivity index (χ4v) is 5.99. The van der Waals surface area contributed by atoms with Gasteiger partial charge in [-0.1, -0.05) is 29.0 Å². The van der Waals surface area contributed by atoms with E-state index in [1.807, 2.05) is 6.92 Å². The molecule has 0 aliphatic carbocycles. The molecule has 0 unspecified atom stereocenters. The second-order valence-electron chi connectivity index (χ2n) is 7.48. The number of sulfonamides is 1. The number of halogens is 1. The van der Waals surface area contributed by atoms with E-state index in [0.29, 0.717) is 41.5 Å². The first-order valence-electron chi connectivity index (χ1n) is 10.0. The molecule has 0 saturated carbocycles. The van der Waals surface area contributed by atoms with Gasteiger partial charge in [0.25, 0.3) is 10.0 Å². The van der Waals surface area contributed by atoms with Crippen LogP contribution in [0.4, 0.5) is 5.69 Å². The Morgan fingerprint density at radius 2 is 1.94 bits per heavy atom. The monoisotopic (exact) mass is 495 g/mol. The highest BCUT2D eigenvalue weighted by Gasteiger charge is 2.20. The number of ether oxygens (including phenoxy) is 1. The van der Waals surface area contributed by atoms with Crippen LogP contribution in [0.5, 0.6) is 0 Å². The van der Waals surface area contributed by atoms with Gasteiger partial charge in [-0.3, -0.25) is 18.9 Å². The summed E-state index contributed by atoms with van der Waals surface area (Å²) in [6.07, 6.45) is 0.194. The number of anilines is 1. The minimum atomic E-state index is -3.90. The number of fused-ring (bicyclic) bond motifs is 1. The highest BCUT2D eigenvalue weighted by molar-refractivity contribution is 7.92. The van der Waals surface area contributed by atoms with Crippen LogP contribution in [-0.2, 0) is 26.1 Å². The van der Waals surface area contributed by atoms with Crippen LogP contribution in [0.3, 0.4) is 0 Å². The largest absolute Gasteiger partial charge is 0.378 e. The summed E-state index contributed by atoms with van der Waals surface area (Å²) in [7, 11) is -3.90. The van der Waals surface area contributed by atoms with Gasteiger partial charge in [0, 0.05) is 26.1 Å². The summed E-state index contributed by atoms with van der Waals surface area (Å²) in [6, 6.07) is 9.54. The lowest BCUT2D eigenvalue weighted by atomic mass is 10.2. The lowest BCUT2D eigenvalue weighted by Crippen LogP contribution is -2.41. The Bertz CT molecular complexity index is 1330. The average Bonchev–Trinajstić information content (AvgIpc) is 3.08. The smallest absolute Gasteiger partial charge is 0.308 e. The predicted octanol–water partition coefficient (Wildman–Crippen LogP) is 3.07. The zero-order chi connectivity index (χ0) is 22.9. The van der Waals surface area contributed by atoms with Crippen LogP contribution in [0.15, 0.2) is 46.1 Å². The van der Waals surface area contributed by atoms with E-state index >= 15 is 0 Å². The fraction of sp³-hybridized carbons (Fsp3) is 0.333. The van der Waals surface area contributed by atoms with Crippen molar-refractivity contribution < 1.29 is 17.9 Å². The third-order valence-corrected chi connectivity index (χ3v) is 7.85. The predicted molar refractivity (Wildman–Crippen MR) is 125 cm³/mol. The molecule has 4 rings (SSSR count). The number of nitrogens with zero attached hydrogens (tertiary/aromatic N) is 2. The van der Waals surface area contributed by atoms with Gasteiger partial charge in [0.05, 0.1) is 39.0 Å². The van der Waals surface area contributed by atoms with Crippen LogP contribution in [0.2, 0.25) is 5.02 Å². The molecule has 2 aromatic carbocycles. The van der Waals surface area contributed by atoms with E-state index in [1.54, 1.807) is 29.2 Å². The van der Waals surface area contributed by atoms with Crippen molar-refractivity contribution in [3.8, 4) is 0 Å². The van der Waals surface area contributed by atoms with Gasteiger partial charge in [0.2, 0.25) is 5.91 Å². The molecule has 32 heavy (non-hydrogen) atoms. The lowest BCUT2D eigenvalue weighted by molar-refractivity contribution is -0.135. The minimum Gasteiger partial charge on any atom is -0.378 e. The van der Waals surface area contributed by atoms with Gasteiger partial charge in [0.15, 0.2) is 0 Å². The first-order valence-corrected chi connectivity index (χ1v) is 12.7. The number of hydrogen-bond donors (Lipinski definition) is 1. The number of aromatic nitrogens is 1. The number of rotatable bonds is 6. The Morgan fingerprint density at radius 1 is 1.19 bits per heavy atom. The van der Waals surface area contributed by atoms with Crippen LogP contribution in [0, 0.1) is 6.92 Å². The van der Waals surface area contributed by atoms with Crippen molar-refractivity contribution >= 4 is 54.8 Å². The lowest BCUT2D eigenvalue weighted by Gasteiger charge is -2.26. The maximum absolute atomic E-state index is 12.9. The molecule has 1 aliphatic rings. The Balaban J connectivity index is 1.54. The molecule has 0 spiro atoms. The maximum Gasteiger partial charge on any atom is 0.308 e. The third-order valence-electron chi connectivity index (χ3n) is 5.23. The number of aryl methyl sites for hydroxylation is 2. The number of carbonyl (C=O) groups is 1. The molecular weight excluding hydrogens is 474 g/mol. The zero-order valence-corrected chi connectivity index (χ0v) is 19.7. The van der Waals surface area contributed by atoms with Crippen molar-refractivity contribution in [2.75, 3.05) is 31.0 Å². The Labute approximate surface area is 194 Å². The van der Waals surface area contributed by atoms with Crippen LogP contribution >= 0.6 is 22.9 Å². The molecule has 0 bridgehead atoms. The highest BCUT2D eigenvalue weighted by Crippen LogP contribution is 2.27. The summed E-state index contributed by atoms with van der Waals surface area (Å²) < 4.78 is 35.5. The molecule has 11 heteroatoms. The van der Waals surface area contributed by atoms with E-state index in [2.05, 4.69) is 4.72 Å². The molecule has 1 saturated heterocycles. The third kappa shape index (κ3) is 4.83. The van der Waals surface area contributed by atoms with E-state index in [4.69, 9.17) is 16.3 Å². The normalized spacial score (nSPS) is 14.6. The molecule has 1 amide bonds. The summed E-state index contributed by atoms with van der Waals surface area (Å²) in [5.41, 5.74) is 1.80. The van der Waals surface area contributed by atoms with Gasteiger partial charge in [0.1, 0.15) is 0 Å². The van der Waals surface area contributed by atoms with Crippen LogP contribution < -0.4 is 9.60 Å². The van der Waals surface area contributed by atoms with Crippen molar-refractivity contribution in [1.29, 1.82) is 0 Å². The van der Waals surface area contributed by atoms with E-state index in [-0.39, 0.29) is 34.3 Å². The highest BCUT2D eigenvalue weighted by atomic mass is 35.5. The molecule has 8 nitrogen and oxygen atoms in total. The van der Waals surface area contributed by atoms with Crippen LogP contribution in [-0.4, -0.2) is 50.1 Å². The van der Waals surface area contributed by atoms with Crippen LogP contribution in [0.25, 0.3) is 10.2 Å². The van der Waals surface area contributed by atoms with Crippen molar-refractivity contribution in [3.63, 3.8) is 0 Å². The number of morpholine rings is 1. The topological polar surface area (TPSA) is 97.7 Å². The van der Waals surface area contributed by atoms with Gasteiger partial charge < -0.3 is 9.64 Å².